The summed E-state index contributed by atoms with van der Waals surface area (Å²) >= 11 is 3.08. The summed E-state index contributed by atoms with van der Waals surface area (Å²) in [6, 6.07) is 6.93. The van der Waals surface area contributed by atoms with Gasteiger partial charge in [-0.25, -0.2) is 4.98 Å². The molecule has 0 radical (unpaired) electrons. The van der Waals surface area contributed by atoms with E-state index in [1.54, 1.807) is 41.9 Å². The lowest BCUT2D eigenvalue weighted by Crippen LogP contribution is -2.14. The molecule has 3 heterocycles. The van der Waals surface area contributed by atoms with Gasteiger partial charge in [-0.1, -0.05) is 30.8 Å². The van der Waals surface area contributed by atoms with Crippen LogP contribution in [0.5, 0.6) is 0 Å². The molecule has 9 heteroatoms. The van der Waals surface area contributed by atoms with E-state index in [9.17, 15) is 9.59 Å². The fourth-order valence-corrected chi connectivity index (χ4v) is 6.01. The number of anilines is 1. The van der Waals surface area contributed by atoms with Crippen molar-refractivity contribution in [1.82, 2.24) is 19.6 Å². The van der Waals surface area contributed by atoms with E-state index in [1.165, 1.54) is 35.5 Å². The van der Waals surface area contributed by atoms with Crippen molar-refractivity contribution >= 4 is 56.3 Å². The standard InChI is InChI=1S/C22H21N5O2S2/c1-12-6-7-16-17(8-12)31-21-19(16)20-25-26-22(27(20)11-23-21)30-10-18(29)24-15-5-3-4-14(9-15)13(2)28/h3-5,9,11-12H,6-8,10H2,1-2H3,(H,24,29). The van der Waals surface area contributed by atoms with Crippen LogP contribution in [0, 0.1) is 5.92 Å². The molecule has 0 bridgehead atoms. The number of thioether (sulfide) groups is 1. The quantitative estimate of drug-likeness (QED) is 0.357. The van der Waals surface area contributed by atoms with Gasteiger partial charge in [-0.2, -0.15) is 0 Å². The number of ketones is 1. The third-order valence-corrected chi connectivity index (χ3v) is 7.66. The molecule has 0 spiro atoms. The summed E-state index contributed by atoms with van der Waals surface area (Å²) in [5.41, 5.74) is 3.35. The molecule has 1 atom stereocenters. The molecule has 7 nitrogen and oxygen atoms in total. The summed E-state index contributed by atoms with van der Waals surface area (Å²) in [7, 11) is 0. The SMILES string of the molecule is CC(=O)c1cccc(NC(=O)CSc2nnc3c4c5c(sc4ncn23)CC(C)CC5)c1. The summed E-state index contributed by atoms with van der Waals surface area (Å²) < 4.78 is 1.88. The van der Waals surface area contributed by atoms with Crippen LogP contribution in [-0.2, 0) is 17.6 Å². The zero-order valence-corrected chi connectivity index (χ0v) is 18.8. The van der Waals surface area contributed by atoms with Gasteiger partial charge in [0.05, 0.1) is 11.1 Å². The number of rotatable bonds is 5. The van der Waals surface area contributed by atoms with Gasteiger partial charge in [0.15, 0.2) is 16.6 Å². The third kappa shape index (κ3) is 3.83. The van der Waals surface area contributed by atoms with E-state index in [1.807, 2.05) is 4.40 Å². The molecule has 31 heavy (non-hydrogen) atoms. The van der Waals surface area contributed by atoms with E-state index in [2.05, 4.69) is 27.4 Å². The summed E-state index contributed by atoms with van der Waals surface area (Å²) in [4.78, 5) is 31.0. The fourth-order valence-electron chi connectivity index (χ4n) is 3.96. The predicted molar refractivity (Wildman–Crippen MR) is 123 cm³/mol. The van der Waals surface area contributed by atoms with E-state index >= 15 is 0 Å². The first-order valence-corrected chi connectivity index (χ1v) is 12.0. The molecule has 158 valence electrons. The summed E-state index contributed by atoms with van der Waals surface area (Å²) in [5, 5.41) is 13.3. The van der Waals surface area contributed by atoms with E-state index in [4.69, 9.17) is 0 Å². The number of hydrogen-bond donors (Lipinski definition) is 1. The largest absolute Gasteiger partial charge is 0.325 e. The number of nitrogens with zero attached hydrogens (tertiary/aromatic N) is 4. The molecule has 1 aromatic carbocycles. The lowest BCUT2D eigenvalue weighted by atomic mass is 9.89. The van der Waals surface area contributed by atoms with Crippen LogP contribution >= 0.6 is 23.1 Å². The average molecular weight is 452 g/mol. The molecule has 0 aliphatic heterocycles. The minimum Gasteiger partial charge on any atom is -0.325 e. The molecule has 0 saturated carbocycles. The van der Waals surface area contributed by atoms with Crippen molar-refractivity contribution in [1.29, 1.82) is 0 Å². The van der Waals surface area contributed by atoms with Gasteiger partial charge < -0.3 is 5.32 Å². The van der Waals surface area contributed by atoms with E-state index in [-0.39, 0.29) is 17.4 Å². The van der Waals surface area contributed by atoms with Gasteiger partial charge >= 0.3 is 0 Å². The van der Waals surface area contributed by atoms with Crippen molar-refractivity contribution in [3.8, 4) is 0 Å². The van der Waals surface area contributed by atoms with Gasteiger partial charge in [0.25, 0.3) is 0 Å². The Morgan fingerprint density at radius 3 is 3.03 bits per heavy atom. The highest BCUT2D eigenvalue weighted by atomic mass is 32.2. The molecule has 3 aromatic heterocycles. The Labute approximate surface area is 187 Å². The predicted octanol–water partition coefficient (Wildman–Crippen LogP) is 4.40. The molecule has 1 aliphatic carbocycles. The number of amides is 1. The zero-order valence-electron chi connectivity index (χ0n) is 17.2. The second-order valence-corrected chi connectivity index (χ2v) is 9.95. The molecule has 4 aromatic rings. The minimum absolute atomic E-state index is 0.0377. The van der Waals surface area contributed by atoms with Crippen molar-refractivity contribution in [2.24, 2.45) is 5.92 Å². The van der Waals surface area contributed by atoms with Gasteiger partial charge in [0.2, 0.25) is 5.91 Å². The smallest absolute Gasteiger partial charge is 0.234 e. The second-order valence-electron chi connectivity index (χ2n) is 7.93. The average Bonchev–Trinajstić information content (AvgIpc) is 3.32. The number of hydrogen-bond acceptors (Lipinski definition) is 7. The van der Waals surface area contributed by atoms with E-state index in [0.717, 1.165) is 28.7 Å². The van der Waals surface area contributed by atoms with Crippen LogP contribution in [0.15, 0.2) is 35.7 Å². The second kappa shape index (κ2) is 8.05. The number of thiophene rings is 1. The molecular weight excluding hydrogens is 430 g/mol. The number of fused-ring (bicyclic) bond motifs is 5. The number of carbonyl (C=O) groups excluding carboxylic acids is 2. The summed E-state index contributed by atoms with van der Waals surface area (Å²) in [6.07, 6.45) is 5.08. The molecule has 1 unspecified atom stereocenters. The Morgan fingerprint density at radius 1 is 1.32 bits per heavy atom. The van der Waals surface area contributed by atoms with Gasteiger partial charge in [0, 0.05) is 16.1 Å². The molecule has 5 rings (SSSR count). The number of benzene rings is 1. The van der Waals surface area contributed by atoms with Gasteiger partial charge in [-0.15, -0.1) is 21.5 Å². The molecule has 0 saturated heterocycles. The number of aryl methyl sites for hydroxylation is 1. The van der Waals surface area contributed by atoms with Crippen molar-refractivity contribution in [2.75, 3.05) is 11.1 Å². The number of carbonyl (C=O) groups is 2. The lowest BCUT2D eigenvalue weighted by Gasteiger charge is -2.17. The van der Waals surface area contributed by atoms with Crippen molar-refractivity contribution in [3.05, 3.63) is 46.6 Å². The van der Waals surface area contributed by atoms with Gasteiger partial charge in [-0.05, 0) is 49.8 Å². The van der Waals surface area contributed by atoms with E-state index in [0.29, 0.717) is 22.3 Å². The van der Waals surface area contributed by atoms with Crippen LogP contribution in [0.1, 0.15) is 41.1 Å². The topological polar surface area (TPSA) is 89.2 Å². The van der Waals surface area contributed by atoms with Crippen molar-refractivity contribution < 1.29 is 9.59 Å². The maximum atomic E-state index is 12.4. The maximum Gasteiger partial charge on any atom is 0.234 e. The molecular formula is C22H21N5O2S2. The maximum absolute atomic E-state index is 12.4. The molecule has 1 N–H and O–H groups in total. The monoisotopic (exact) mass is 451 g/mol. The highest BCUT2D eigenvalue weighted by molar-refractivity contribution is 7.99. The van der Waals surface area contributed by atoms with Crippen LogP contribution in [0.3, 0.4) is 0 Å². The fraction of sp³-hybridized carbons (Fsp3) is 0.318. The number of Topliss-reactive ketones (excluding diaryl/α,β-unsaturated/α-hetero) is 1. The van der Waals surface area contributed by atoms with Crippen LogP contribution in [0.2, 0.25) is 0 Å². The van der Waals surface area contributed by atoms with Crippen LogP contribution in [0.4, 0.5) is 5.69 Å². The van der Waals surface area contributed by atoms with Crippen molar-refractivity contribution in [2.45, 2.75) is 38.3 Å². The first-order chi connectivity index (χ1) is 15.0. The highest BCUT2D eigenvalue weighted by Crippen LogP contribution is 2.39. The number of nitrogens with one attached hydrogen (secondary N) is 1. The van der Waals surface area contributed by atoms with Crippen molar-refractivity contribution in [3.63, 3.8) is 0 Å². The Kier molecular flexibility index (Phi) is 5.23. The zero-order chi connectivity index (χ0) is 21.5. The lowest BCUT2D eigenvalue weighted by molar-refractivity contribution is -0.113. The third-order valence-electron chi connectivity index (χ3n) is 5.56. The molecule has 1 aliphatic rings. The first-order valence-electron chi connectivity index (χ1n) is 10.2. The Morgan fingerprint density at radius 2 is 2.19 bits per heavy atom. The van der Waals surface area contributed by atoms with Crippen LogP contribution < -0.4 is 5.32 Å². The molecule has 0 fully saturated rings. The first kappa shape index (κ1) is 20.1. The highest BCUT2D eigenvalue weighted by Gasteiger charge is 2.24. The van der Waals surface area contributed by atoms with Gasteiger partial charge in [-0.3, -0.25) is 14.0 Å². The minimum atomic E-state index is -0.168. The van der Waals surface area contributed by atoms with Crippen LogP contribution in [-0.4, -0.2) is 37.0 Å². The van der Waals surface area contributed by atoms with Gasteiger partial charge in [0.1, 0.15) is 11.2 Å². The van der Waals surface area contributed by atoms with E-state index < -0.39 is 0 Å². The normalized spacial score (nSPS) is 15.9. The Balaban J connectivity index is 1.35. The summed E-state index contributed by atoms with van der Waals surface area (Å²) in [5.74, 6) is 0.681. The molecule has 1 amide bonds. The Hall–Kier alpha value is -2.78. The van der Waals surface area contributed by atoms with Crippen LogP contribution in [0.25, 0.3) is 15.9 Å². The Bertz CT molecular complexity index is 1330. The summed E-state index contributed by atoms with van der Waals surface area (Å²) in [6.45, 7) is 3.80. The number of aromatic nitrogens is 4.